The van der Waals surface area contributed by atoms with Crippen molar-refractivity contribution >= 4 is 27.3 Å². The number of rotatable bonds is 2. The molecule has 84 valence electrons. The van der Waals surface area contributed by atoms with E-state index in [1.165, 1.54) is 21.7 Å². The van der Waals surface area contributed by atoms with Crippen molar-refractivity contribution < 1.29 is 4.74 Å². The molecule has 1 aromatic heterocycles. The Morgan fingerprint density at radius 1 is 1.53 bits per heavy atom. The Balaban J connectivity index is 2.27. The Bertz CT molecular complexity index is 353. The van der Waals surface area contributed by atoms with E-state index in [0.29, 0.717) is 4.83 Å². The van der Waals surface area contributed by atoms with E-state index in [4.69, 9.17) is 4.74 Å². The molecule has 0 aliphatic carbocycles. The molecule has 1 fully saturated rings. The molecule has 1 aliphatic rings. The van der Waals surface area contributed by atoms with Crippen molar-refractivity contribution in [2.75, 3.05) is 6.61 Å². The molecule has 2 unspecified atom stereocenters. The lowest BCUT2D eigenvalue weighted by atomic mass is 9.96. The summed E-state index contributed by atoms with van der Waals surface area (Å²) in [6.07, 6.45) is 2.33. The summed E-state index contributed by atoms with van der Waals surface area (Å²) in [5.41, 5.74) is 1.37. The van der Waals surface area contributed by atoms with Gasteiger partial charge in [-0.2, -0.15) is 0 Å². The van der Waals surface area contributed by atoms with Gasteiger partial charge in [0.1, 0.15) is 0 Å². The summed E-state index contributed by atoms with van der Waals surface area (Å²) in [5, 5.41) is 0. The third-order valence-corrected chi connectivity index (χ3v) is 6.04. The topological polar surface area (TPSA) is 9.23 Å². The van der Waals surface area contributed by atoms with Crippen LogP contribution < -0.4 is 0 Å². The Hall–Kier alpha value is 0.140. The fourth-order valence-corrected chi connectivity index (χ4v) is 4.35. The minimum absolute atomic E-state index is 0.0119. The fraction of sp³-hybridized carbons (Fsp3) is 0.667. The minimum Gasteiger partial charge on any atom is -0.374 e. The van der Waals surface area contributed by atoms with Crippen LogP contribution in [0, 0.1) is 13.8 Å². The van der Waals surface area contributed by atoms with Crippen molar-refractivity contribution in [2.24, 2.45) is 0 Å². The summed E-state index contributed by atoms with van der Waals surface area (Å²) in [5.74, 6) is 0. The van der Waals surface area contributed by atoms with Crippen LogP contribution in [0.2, 0.25) is 0 Å². The molecular weight excluding hydrogens is 272 g/mol. The number of hydrogen-bond donors (Lipinski definition) is 0. The first-order valence-corrected chi connectivity index (χ1v) is 7.11. The van der Waals surface area contributed by atoms with Crippen molar-refractivity contribution in [2.45, 2.75) is 44.0 Å². The van der Waals surface area contributed by atoms with Crippen molar-refractivity contribution in [3.8, 4) is 0 Å². The second kappa shape index (κ2) is 4.19. The lowest BCUT2D eigenvalue weighted by molar-refractivity contribution is 0.0203. The average Bonchev–Trinajstić information content (AvgIpc) is 2.73. The van der Waals surface area contributed by atoms with Gasteiger partial charge in [-0.1, -0.05) is 15.9 Å². The molecule has 1 saturated heterocycles. The highest BCUT2D eigenvalue weighted by atomic mass is 79.9. The molecule has 1 aliphatic heterocycles. The Morgan fingerprint density at radius 2 is 2.27 bits per heavy atom. The third kappa shape index (κ3) is 2.15. The lowest BCUT2D eigenvalue weighted by Gasteiger charge is -2.29. The number of thiophene rings is 1. The predicted octanol–water partition coefficient (Wildman–Crippen LogP) is 4.37. The number of hydrogen-bond acceptors (Lipinski definition) is 2. The molecule has 2 rings (SSSR count). The highest BCUT2D eigenvalue weighted by Crippen LogP contribution is 2.46. The zero-order valence-electron chi connectivity index (χ0n) is 9.47. The minimum atomic E-state index is -0.0119. The molecule has 3 heteroatoms. The molecule has 2 heterocycles. The molecular formula is C12H17BrOS. The SMILES string of the molecule is Cc1cc(C)c(C(Br)C2(C)CCCO2)s1. The highest BCUT2D eigenvalue weighted by Gasteiger charge is 2.39. The van der Waals surface area contributed by atoms with Crippen molar-refractivity contribution in [3.63, 3.8) is 0 Å². The van der Waals surface area contributed by atoms with Crippen LogP contribution in [0.4, 0.5) is 0 Å². The van der Waals surface area contributed by atoms with Gasteiger partial charge in [-0.25, -0.2) is 0 Å². The van der Waals surface area contributed by atoms with Gasteiger partial charge in [0.2, 0.25) is 0 Å². The number of halogens is 1. The van der Waals surface area contributed by atoms with E-state index in [1.54, 1.807) is 0 Å². The van der Waals surface area contributed by atoms with E-state index in [-0.39, 0.29) is 5.60 Å². The second-order valence-electron chi connectivity index (χ2n) is 4.53. The molecule has 15 heavy (non-hydrogen) atoms. The molecule has 0 aromatic carbocycles. The number of ether oxygens (including phenoxy) is 1. The van der Waals surface area contributed by atoms with Gasteiger partial charge >= 0.3 is 0 Å². The van der Waals surface area contributed by atoms with E-state index in [0.717, 1.165) is 13.0 Å². The summed E-state index contributed by atoms with van der Waals surface area (Å²) >= 11 is 5.70. The molecule has 1 aromatic rings. The maximum absolute atomic E-state index is 5.88. The van der Waals surface area contributed by atoms with Gasteiger partial charge in [-0.05, 0) is 45.2 Å². The summed E-state index contributed by atoms with van der Waals surface area (Å²) in [7, 11) is 0. The summed E-state index contributed by atoms with van der Waals surface area (Å²) in [6, 6.07) is 2.26. The van der Waals surface area contributed by atoms with Gasteiger partial charge in [-0.3, -0.25) is 0 Å². The normalized spacial score (nSPS) is 28.3. The van der Waals surface area contributed by atoms with E-state index in [1.807, 2.05) is 11.3 Å². The summed E-state index contributed by atoms with van der Waals surface area (Å²) < 4.78 is 5.88. The van der Waals surface area contributed by atoms with Gasteiger partial charge in [0.25, 0.3) is 0 Å². The largest absolute Gasteiger partial charge is 0.374 e. The van der Waals surface area contributed by atoms with Gasteiger partial charge in [-0.15, -0.1) is 11.3 Å². The van der Waals surface area contributed by atoms with Gasteiger partial charge < -0.3 is 4.74 Å². The predicted molar refractivity (Wildman–Crippen MR) is 69.1 cm³/mol. The summed E-state index contributed by atoms with van der Waals surface area (Å²) in [4.78, 5) is 3.15. The van der Waals surface area contributed by atoms with E-state index in [2.05, 4.69) is 42.8 Å². The van der Waals surface area contributed by atoms with E-state index in [9.17, 15) is 0 Å². The maximum atomic E-state index is 5.88. The highest BCUT2D eigenvalue weighted by molar-refractivity contribution is 9.09. The smallest absolute Gasteiger partial charge is 0.0828 e. The number of alkyl halides is 1. The van der Waals surface area contributed by atoms with Crippen LogP contribution in [0.15, 0.2) is 6.07 Å². The summed E-state index contributed by atoms with van der Waals surface area (Å²) in [6.45, 7) is 7.47. The maximum Gasteiger partial charge on any atom is 0.0828 e. The van der Waals surface area contributed by atoms with Gasteiger partial charge in [0, 0.05) is 16.4 Å². The molecule has 0 amide bonds. The lowest BCUT2D eigenvalue weighted by Crippen LogP contribution is -2.28. The van der Waals surface area contributed by atoms with Gasteiger partial charge in [0.05, 0.1) is 10.4 Å². The monoisotopic (exact) mass is 288 g/mol. The van der Waals surface area contributed by atoms with Crippen LogP contribution in [-0.2, 0) is 4.74 Å². The molecule has 0 N–H and O–H groups in total. The van der Waals surface area contributed by atoms with Gasteiger partial charge in [0.15, 0.2) is 0 Å². The molecule has 1 nitrogen and oxygen atoms in total. The molecule has 0 bridgehead atoms. The second-order valence-corrected chi connectivity index (χ2v) is 6.74. The van der Waals surface area contributed by atoms with Crippen molar-refractivity contribution in [3.05, 3.63) is 21.4 Å². The quantitative estimate of drug-likeness (QED) is 0.735. The average molecular weight is 289 g/mol. The van der Waals surface area contributed by atoms with Crippen molar-refractivity contribution in [1.29, 1.82) is 0 Å². The van der Waals surface area contributed by atoms with Crippen LogP contribution in [0.25, 0.3) is 0 Å². The third-order valence-electron chi connectivity index (χ3n) is 3.10. The first kappa shape index (κ1) is 11.6. The molecule has 0 saturated carbocycles. The first-order chi connectivity index (χ1) is 7.03. The molecule has 2 atom stereocenters. The fourth-order valence-electron chi connectivity index (χ4n) is 2.19. The van der Waals surface area contributed by atoms with E-state index < -0.39 is 0 Å². The molecule has 0 radical (unpaired) electrons. The zero-order chi connectivity index (χ0) is 11.1. The van der Waals surface area contributed by atoms with E-state index >= 15 is 0 Å². The Kier molecular flexibility index (Phi) is 3.25. The van der Waals surface area contributed by atoms with Crippen LogP contribution in [0.1, 0.15) is 39.9 Å². The number of aryl methyl sites for hydroxylation is 2. The Labute approximate surface area is 104 Å². The van der Waals surface area contributed by atoms with Crippen LogP contribution in [-0.4, -0.2) is 12.2 Å². The molecule has 0 spiro atoms. The first-order valence-electron chi connectivity index (χ1n) is 5.38. The van der Waals surface area contributed by atoms with Crippen LogP contribution in [0.3, 0.4) is 0 Å². The van der Waals surface area contributed by atoms with Crippen molar-refractivity contribution in [1.82, 2.24) is 0 Å². The zero-order valence-corrected chi connectivity index (χ0v) is 11.9. The standard InChI is InChI=1S/C12H17BrOS/c1-8-7-9(2)15-10(8)11(13)12(3)5-4-6-14-12/h7,11H,4-6H2,1-3H3. The van der Waals surface area contributed by atoms with Crippen LogP contribution >= 0.6 is 27.3 Å². The Morgan fingerprint density at radius 3 is 2.73 bits per heavy atom. The van der Waals surface area contributed by atoms with Crippen LogP contribution in [0.5, 0.6) is 0 Å².